The summed E-state index contributed by atoms with van der Waals surface area (Å²) >= 11 is 1.34. The van der Waals surface area contributed by atoms with Crippen molar-refractivity contribution in [3.05, 3.63) is 23.8 Å². The number of amides is 1. The van der Waals surface area contributed by atoms with E-state index in [-0.39, 0.29) is 11.7 Å². The van der Waals surface area contributed by atoms with Gasteiger partial charge in [-0.05, 0) is 23.8 Å². The first-order valence-corrected chi connectivity index (χ1v) is 5.86. The number of carbonyl (C=O) groups is 1. The molecule has 17 heavy (non-hydrogen) atoms. The highest BCUT2D eigenvalue weighted by atomic mass is 32.2. The zero-order valence-corrected chi connectivity index (χ0v) is 9.32. The molecular formula is C10H8F3NO2S. The number of hydrogen-bond acceptors (Lipinski definition) is 3. The van der Waals surface area contributed by atoms with Gasteiger partial charge >= 0.3 is 6.36 Å². The van der Waals surface area contributed by atoms with E-state index in [2.05, 4.69) is 10.1 Å². The third-order valence-corrected chi connectivity index (χ3v) is 3.06. The minimum Gasteiger partial charge on any atom is -0.406 e. The zero-order valence-electron chi connectivity index (χ0n) is 8.50. The van der Waals surface area contributed by atoms with E-state index in [4.69, 9.17) is 0 Å². The Morgan fingerprint density at radius 2 is 2.06 bits per heavy atom. The first kappa shape index (κ1) is 12.1. The number of anilines is 1. The first-order chi connectivity index (χ1) is 7.94. The van der Waals surface area contributed by atoms with Gasteiger partial charge in [0.2, 0.25) is 5.91 Å². The average Bonchev–Trinajstić information content (AvgIpc) is 2.36. The standard InChI is InChI=1S/C10H8F3NO2S/c11-10(12,13)16-7-1-2-8-6(3-7)4-17-5-9(15)14-8/h1-3H,4-5H2,(H,14,15). The molecule has 3 nitrogen and oxygen atoms in total. The van der Waals surface area contributed by atoms with Gasteiger partial charge in [-0.3, -0.25) is 4.79 Å². The van der Waals surface area contributed by atoms with E-state index in [0.717, 1.165) is 0 Å². The van der Waals surface area contributed by atoms with Crippen LogP contribution in [0.5, 0.6) is 5.75 Å². The van der Waals surface area contributed by atoms with Crippen molar-refractivity contribution in [3.8, 4) is 5.75 Å². The predicted octanol–water partition coefficient (Wildman–Crippen LogP) is 2.77. The Balaban J connectivity index is 2.24. The van der Waals surface area contributed by atoms with Crippen LogP contribution in [0.2, 0.25) is 0 Å². The quantitative estimate of drug-likeness (QED) is 0.846. The molecule has 0 unspecified atom stereocenters. The topological polar surface area (TPSA) is 38.3 Å². The molecule has 7 heteroatoms. The van der Waals surface area contributed by atoms with Crippen molar-refractivity contribution in [2.45, 2.75) is 12.1 Å². The summed E-state index contributed by atoms with van der Waals surface area (Å²) in [6, 6.07) is 3.89. The largest absolute Gasteiger partial charge is 0.573 e. The number of fused-ring (bicyclic) bond motifs is 1. The number of alkyl halides is 3. The zero-order chi connectivity index (χ0) is 12.5. The van der Waals surface area contributed by atoms with Crippen molar-refractivity contribution in [3.63, 3.8) is 0 Å². The lowest BCUT2D eigenvalue weighted by atomic mass is 10.2. The van der Waals surface area contributed by atoms with E-state index in [1.807, 2.05) is 0 Å². The van der Waals surface area contributed by atoms with Crippen LogP contribution in [0.25, 0.3) is 0 Å². The molecule has 1 aliphatic heterocycles. The Bertz CT molecular complexity index is 448. The maximum absolute atomic E-state index is 12.0. The summed E-state index contributed by atoms with van der Waals surface area (Å²) in [7, 11) is 0. The monoisotopic (exact) mass is 263 g/mol. The second-order valence-corrected chi connectivity index (χ2v) is 4.39. The minimum absolute atomic E-state index is 0.154. The molecule has 0 bridgehead atoms. The lowest BCUT2D eigenvalue weighted by molar-refractivity contribution is -0.274. The summed E-state index contributed by atoms with van der Waals surface area (Å²) < 4.78 is 39.9. The average molecular weight is 263 g/mol. The molecular weight excluding hydrogens is 255 g/mol. The van der Waals surface area contributed by atoms with Gasteiger partial charge in [-0.1, -0.05) is 0 Å². The van der Waals surface area contributed by atoms with Gasteiger partial charge in [0.25, 0.3) is 0 Å². The molecule has 1 N–H and O–H groups in total. The van der Waals surface area contributed by atoms with Crippen molar-refractivity contribution in [1.29, 1.82) is 0 Å². The van der Waals surface area contributed by atoms with Gasteiger partial charge in [0.1, 0.15) is 5.75 Å². The van der Waals surface area contributed by atoms with E-state index in [1.54, 1.807) is 0 Å². The van der Waals surface area contributed by atoms with Gasteiger partial charge in [-0.15, -0.1) is 24.9 Å². The third kappa shape index (κ3) is 3.29. The Hall–Kier alpha value is -1.37. The predicted molar refractivity (Wildman–Crippen MR) is 57.9 cm³/mol. The number of hydrogen-bond donors (Lipinski definition) is 1. The molecule has 0 saturated carbocycles. The van der Waals surface area contributed by atoms with Crippen molar-refractivity contribution in [2.24, 2.45) is 0 Å². The second-order valence-electron chi connectivity index (χ2n) is 3.41. The van der Waals surface area contributed by atoms with E-state index in [1.165, 1.54) is 30.0 Å². The number of nitrogens with one attached hydrogen (secondary N) is 1. The lowest BCUT2D eigenvalue weighted by Gasteiger charge is -2.11. The maximum atomic E-state index is 12.0. The Morgan fingerprint density at radius 1 is 1.29 bits per heavy atom. The fourth-order valence-electron chi connectivity index (χ4n) is 1.45. The number of carbonyl (C=O) groups excluding carboxylic acids is 1. The SMILES string of the molecule is O=C1CSCc2cc(OC(F)(F)F)ccc2N1. The molecule has 0 aromatic heterocycles. The fourth-order valence-corrected chi connectivity index (χ4v) is 2.27. The van der Waals surface area contributed by atoms with Crippen molar-refractivity contribution < 1.29 is 22.7 Å². The smallest absolute Gasteiger partial charge is 0.406 e. The summed E-state index contributed by atoms with van der Waals surface area (Å²) in [5.41, 5.74) is 1.16. The highest BCUT2D eigenvalue weighted by Crippen LogP contribution is 2.31. The number of benzene rings is 1. The molecule has 0 spiro atoms. The molecule has 1 aromatic rings. The molecule has 92 valence electrons. The molecule has 1 aromatic carbocycles. The van der Waals surface area contributed by atoms with Crippen LogP contribution in [-0.4, -0.2) is 18.0 Å². The summed E-state index contributed by atoms with van der Waals surface area (Å²) in [6.07, 6.45) is -4.70. The highest BCUT2D eigenvalue weighted by Gasteiger charge is 2.31. The maximum Gasteiger partial charge on any atom is 0.573 e. The van der Waals surface area contributed by atoms with Gasteiger partial charge < -0.3 is 10.1 Å². The molecule has 0 atom stereocenters. The summed E-state index contributed by atoms with van der Waals surface area (Å²) in [6.45, 7) is 0. The minimum atomic E-state index is -4.70. The highest BCUT2D eigenvalue weighted by molar-refractivity contribution is 7.99. The van der Waals surface area contributed by atoms with Gasteiger partial charge in [0.15, 0.2) is 0 Å². The van der Waals surface area contributed by atoms with Crippen LogP contribution in [-0.2, 0) is 10.5 Å². The van der Waals surface area contributed by atoms with E-state index >= 15 is 0 Å². The van der Waals surface area contributed by atoms with E-state index in [9.17, 15) is 18.0 Å². The number of thioether (sulfide) groups is 1. The Kier molecular flexibility index (Phi) is 3.19. The number of ether oxygens (including phenoxy) is 1. The van der Waals surface area contributed by atoms with Crippen molar-refractivity contribution in [1.82, 2.24) is 0 Å². The van der Waals surface area contributed by atoms with Crippen LogP contribution in [0, 0.1) is 0 Å². The molecule has 1 heterocycles. The normalized spacial score (nSPS) is 15.8. The van der Waals surface area contributed by atoms with E-state index in [0.29, 0.717) is 22.8 Å². The molecule has 1 aliphatic rings. The fraction of sp³-hybridized carbons (Fsp3) is 0.300. The molecule has 1 amide bonds. The molecule has 0 saturated heterocycles. The van der Waals surface area contributed by atoms with E-state index < -0.39 is 6.36 Å². The molecule has 0 radical (unpaired) electrons. The lowest BCUT2D eigenvalue weighted by Crippen LogP contribution is -2.17. The van der Waals surface area contributed by atoms with Crippen molar-refractivity contribution in [2.75, 3.05) is 11.1 Å². The first-order valence-electron chi connectivity index (χ1n) is 4.70. The van der Waals surface area contributed by atoms with Crippen LogP contribution in [0.4, 0.5) is 18.9 Å². The third-order valence-electron chi connectivity index (χ3n) is 2.08. The summed E-state index contributed by atoms with van der Waals surface area (Å²) in [5, 5.41) is 2.62. The van der Waals surface area contributed by atoms with Gasteiger partial charge in [-0.2, -0.15) is 0 Å². The van der Waals surface area contributed by atoms with Crippen LogP contribution < -0.4 is 10.1 Å². The number of halogens is 3. The Morgan fingerprint density at radius 3 is 2.76 bits per heavy atom. The van der Waals surface area contributed by atoms with Gasteiger partial charge in [-0.25, -0.2) is 0 Å². The van der Waals surface area contributed by atoms with Crippen molar-refractivity contribution >= 4 is 23.4 Å². The molecule has 0 aliphatic carbocycles. The second kappa shape index (κ2) is 4.48. The van der Waals surface area contributed by atoms with Crippen LogP contribution in [0.15, 0.2) is 18.2 Å². The summed E-state index contributed by atoms with van der Waals surface area (Å²) in [4.78, 5) is 11.2. The van der Waals surface area contributed by atoms with Gasteiger partial charge in [0.05, 0.1) is 5.75 Å². The van der Waals surface area contributed by atoms with Crippen LogP contribution >= 0.6 is 11.8 Å². The van der Waals surface area contributed by atoms with Crippen LogP contribution in [0.1, 0.15) is 5.56 Å². The molecule has 0 fully saturated rings. The Labute approximate surface area is 99.3 Å². The van der Waals surface area contributed by atoms with Crippen LogP contribution in [0.3, 0.4) is 0 Å². The summed E-state index contributed by atoms with van der Waals surface area (Å²) in [5.74, 6) is 0.346. The molecule has 2 rings (SSSR count). The number of rotatable bonds is 1. The van der Waals surface area contributed by atoms with Gasteiger partial charge in [0, 0.05) is 11.4 Å².